The number of rotatable bonds is 13. The van der Waals surface area contributed by atoms with Crippen LogP contribution in [0.1, 0.15) is 58.2 Å². The molecule has 0 bridgehead atoms. The second kappa shape index (κ2) is 13.1. The van der Waals surface area contributed by atoms with Crippen molar-refractivity contribution in [2.45, 2.75) is 98.2 Å². The van der Waals surface area contributed by atoms with Crippen molar-refractivity contribution in [2.24, 2.45) is 0 Å². The number of methoxy groups -OCH3 is 2. The summed E-state index contributed by atoms with van der Waals surface area (Å²) >= 11 is -0.749. The fraction of sp³-hybridized carbons (Fsp3) is 0.778. The van der Waals surface area contributed by atoms with Crippen molar-refractivity contribution in [1.29, 1.82) is 0 Å². The summed E-state index contributed by atoms with van der Waals surface area (Å²) in [6, 6.07) is 4.81. The Labute approximate surface area is 226 Å². The van der Waals surface area contributed by atoms with E-state index >= 15 is 0 Å². The molecule has 0 saturated heterocycles. The molecule has 0 spiro atoms. The average Bonchev–Trinajstić information content (AvgIpc) is 2.66. The van der Waals surface area contributed by atoms with Crippen LogP contribution in [-0.4, -0.2) is 81.1 Å². The molecule has 35 heavy (non-hydrogen) atoms. The topological polar surface area (TPSA) is 34.2 Å². The van der Waals surface area contributed by atoms with E-state index < -0.39 is 32.5 Å². The summed E-state index contributed by atoms with van der Waals surface area (Å²) in [5.74, 6) is 1.12. The van der Waals surface area contributed by atoms with Gasteiger partial charge in [0.15, 0.2) is 0 Å². The van der Waals surface area contributed by atoms with E-state index in [1.54, 1.807) is 14.2 Å². The van der Waals surface area contributed by atoms with E-state index in [2.05, 4.69) is 101 Å². The normalized spacial score (nSPS) is 13.7. The van der Waals surface area contributed by atoms with Gasteiger partial charge < -0.3 is 0 Å². The molecule has 5 nitrogen and oxygen atoms in total. The van der Waals surface area contributed by atoms with Crippen LogP contribution >= 0.6 is 0 Å². The molecule has 0 fully saturated rings. The second-order valence-corrected chi connectivity index (χ2v) is 27.3. The van der Waals surface area contributed by atoms with Crippen LogP contribution in [0.15, 0.2) is 12.1 Å². The molecule has 0 N–H and O–H groups in total. The predicted molar refractivity (Wildman–Crippen MR) is 158 cm³/mol. The Morgan fingerprint density at radius 1 is 0.771 bits per heavy atom. The summed E-state index contributed by atoms with van der Waals surface area (Å²) in [6.45, 7) is 32.6. The summed E-state index contributed by atoms with van der Waals surface area (Å²) < 4.78 is 20.7. The van der Waals surface area contributed by atoms with Gasteiger partial charge in [0.25, 0.3) is 0 Å². The Bertz CT molecular complexity index is 772. The Kier molecular flexibility index (Phi) is 12.3. The monoisotopic (exact) mass is 584 g/mol. The quantitative estimate of drug-likeness (QED) is 0.256. The molecule has 0 heterocycles. The molecule has 0 saturated carbocycles. The Hall–Kier alpha value is -0.163. The van der Waals surface area contributed by atoms with Crippen LogP contribution in [0, 0.1) is 0 Å². The van der Waals surface area contributed by atoms with Gasteiger partial charge in [-0.2, -0.15) is 0 Å². The first-order chi connectivity index (χ1) is 15.8. The molecule has 1 aromatic rings. The SMILES string of the molecule is COCCN(CCOC)Cc1cc(C(C)(C)C)cc(C(C)(C)C)c1[O][Ge][N]([Si](C)(C)C)[Si](C)(C)C. The van der Waals surface area contributed by atoms with Gasteiger partial charge in [-0.1, -0.05) is 0 Å². The van der Waals surface area contributed by atoms with Crippen LogP contribution in [-0.2, 0) is 26.8 Å². The van der Waals surface area contributed by atoms with Gasteiger partial charge in [0.2, 0.25) is 0 Å². The van der Waals surface area contributed by atoms with E-state index in [-0.39, 0.29) is 10.8 Å². The molecule has 8 heteroatoms. The molecule has 202 valence electrons. The Morgan fingerprint density at radius 2 is 1.26 bits per heavy atom. The van der Waals surface area contributed by atoms with Crippen molar-refractivity contribution < 1.29 is 13.2 Å². The minimum atomic E-state index is -1.48. The third-order valence-corrected chi connectivity index (χ3v) is 23.1. The first kappa shape index (κ1) is 32.9. The molecule has 0 aliphatic heterocycles. The van der Waals surface area contributed by atoms with Gasteiger partial charge in [0.05, 0.1) is 0 Å². The number of hydrogen-bond acceptors (Lipinski definition) is 5. The van der Waals surface area contributed by atoms with E-state index in [1.807, 2.05) is 0 Å². The van der Waals surface area contributed by atoms with Crippen molar-refractivity contribution in [3.8, 4) is 5.75 Å². The Morgan fingerprint density at radius 3 is 1.63 bits per heavy atom. The van der Waals surface area contributed by atoms with Gasteiger partial charge in [-0.15, -0.1) is 0 Å². The summed E-state index contributed by atoms with van der Waals surface area (Å²) in [5, 5.41) is 0. The van der Waals surface area contributed by atoms with Gasteiger partial charge >= 0.3 is 227 Å². The maximum absolute atomic E-state index is 7.02. The first-order valence-electron chi connectivity index (χ1n) is 12.9. The zero-order valence-corrected chi connectivity index (χ0v) is 29.4. The molecule has 0 amide bonds. The number of benzene rings is 1. The number of hydrogen-bond donors (Lipinski definition) is 0. The first-order valence-corrected chi connectivity index (χ1v) is 21.6. The number of ether oxygens (including phenoxy) is 2. The summed E-state index contributed by atoms with van der Waals surface area (Å²) in [6.07, 6.45) is 0. The minimum absolute atomic E-state index is 0.00938. The fourth-order valence-corrected chi connectivity index (χ4v) is 17.6. The van der Waals surface area contributed by atoms with Crippen LogP contribution in [0.5, 0.6) is 5.75 Å². The van der Waals surface area contributed by atoms with Gasteiger partial charge in [-0.3, -0.25) is 0 Å². The van der Waals surface area contributed by atoms with Gasteiger partial charge in [-0.25, -0.2) is 0 Å². The van der Waals surface area contributed by atoms with Crippen LogP contribution in [0.3, 0.4) is 0 Å². The van der Waals surface area contributed by atoms with Crippen molar-refractivity contribution in [2.75, 3.05) is 40.5 Å². The van der Waals surface area contributed by atoms with Crippen LogP contribution in [0.4, 0.5) is 0 Å². The van der Waals surface area contributed by atoms with Crippen molar-refractivity contribution in [3.05, 3.63) is 28.8 Å². The standard InChI is InChI=1S/C27H54GeN2O3Si2/c1-26(2,3)23-19-22(21-29(15-17-31-7)16-18-32-8)25(24(20-23)27(4,5)6)33-28-30(34(9,10)11)35(12,13)14/h19-20H,15-18,21H2,1-14H3. The molecule has 0 aromatic heterocycles. The number of nitrogens with zero attached hydrogens (tertiary/aromatic N) is 2. The molecule has 2 radical (unpaired) electrons. The van der Waals surface area contributed by atoms with E-state index in [0.717, 1.165) is 25.4 Å². The van der Waals surface area contributed by atoms with Gasteiger partial charge in [0, 0.05) is 0 Å². The van der Waals surface area contributed by atoms with Crippen molar-refractivity contribution >= 4 is 32.5 Å². The summed E-state index contributed by atoms with van der Waals surface area (Å²) in [7, 11) is 0.577. The van der Waals surface area contributed by atoms with E-state index in [4.69, 9.17) is 13.2 Å². The van der Waals surface area contributed by atoms with E-state index in [9.17, 15) is 0 Å². The van der Waals surface area contributed by atoms with Crippen molar-refractivity contribution in [1.82, 2.24) is 8.09 Å². The molecule has 1 rings (SSSR count). The fourth-order valence-electron chi connectivity index (χ4n) is 4.24. The zero-order valence-electron chi connectivity index (χ0n) is 25.3. The molecule has 0 unspecified atom stereocenters. The maximum atomic E-state index is 7.02. The zero-order chi connectivity index (χ0) is 27.2. The van der Waals surface area contributed by atoms with Crippen LogP contribution in [0.2, 0.25) is 39.3 Å². The van der Waals surface area contributed by atoms with Gasteiger partial charge in [-0.05, 0) is 0 Å². The molecule has 0 aliphatic carbocycles. The molecule has 0 aliphatic rings. The van der Waals surface area contributed by atoms with Crippen molar-refractivity contribution in [3.63, 3.8) is 0 Å². The molecular weight excluding hydrogens is 529 g/mol. The average molecular weight is 584 g/mol. The van der Waals surface area contributed by atoms with Gasteiger partial charge in [0.1, 0.15) is 0 Å². The second-order valence-electron chi connectivity index (χ2n) is 13.6. The Balaban J connectivity index is 3.64. The predicted octanol–water partition coefficient (Wildman–Crippen LogP) is 6.26. The summed E-state index contributed by atoms with van der Waals surface area (Å²) in [5.41, 5.74) is 4.05. The molecule has 1 aromatic carbocycles. The van der Waals surface area contributed by atoms with Crippen LogP contribution < -0.4 is 3.76 Å². The molecular formula is C27H54GeN2O3Si2. The molecule has 0 atom stereocenters. The van der Waals surface area contributed by atoms with Crippen LogP contribution in [0.25, 0.3) is 0 Å². The summed E-state index contributed by atoms with van der Waals surface area (Å²) in [4.78, 5) is 2.43. The third-order valence-electron chi connectivity index (χ3n) is 6.04. The van der Waals surface area contributed by atoms with E-state index in [1.165, 1.54) is 16.7 Å². The van der Waals surface area contributed by atoms with E-state index in [0.29, 0.717) is 13.2 Å². The third kappa shape index (κ3) is 10.6.